The Bertz CT molecular complexity index is 1030. The predicted octanol–water partition coefficient (Wildman–Crippen LogP) is 3.07. The Kier molecular flexibility index (Phi) is 4.10. The van der Waals surface area contributed by atoms with E-state index in [4.69, 9.17) is 4.42 Å². The van der Waals surface area contributed by atoms with E-state index in [1.807, 2.05) is 37.3 Å². The van der Waals surface area contributed by atoms with Gasteiger partial charge in [0, 0.05) is 10.9 Å². The first-order valence-electron chi connectivity index (χ1n) is 7.77. The van der Waals surface area contributed by atoms with Crippen molar-refractivity contribution in [2.75, 3.05) is 5.75 Å². The van der Waals surface area contributed by atoms with Crippen LogP contribution < -0.4 is 5.32 Å². The average molecular weight is 353 g/mol. The van der Waals surface area contributed by atoms with Crippen molar-refractivity contribution < 1.29 is 9.21 Å². The molecule has 0 spiro atoms. The van der Waals surface area contributed by atoms with Crippen LogP contribution in [0.25, 0.3) is 22.1 Å². The van der Waals surface area contributed by atoms with Crippen molar-refractivity contribution in [2.45, 2.75) is 18.1 Å². The van der Waals surface area contributed by atoms with E-state index in [0.717, 1.165) is 22.2 Å². The Morgan fingerprint density at radius 1 is 1.28 bits per heavy atom. The Hall–Kier alpha value is -2.87. The number of carbonyl (C=O) groups is 1. The number of thioether (sulfide) groups is 1. The zero-order valence-corrected chi connectivity index (χ0v) is 14.2. The van der Waals surface area contributed by atoms with Crippen molar-refractivity contribution in [3.05, 3.63) is 48.4 Å². The molecular weight excluding hydrogens is 338 g/mol. The van der Waals surface area contributed by atoms with E-state index in [-0.39, 0.29) is 17.7 Å². The van der Waals surface area contributed by atoms with Crippen LogP contribution in [0.2, 0.25) is 0 Å². The molecule has 0 aliphatic heterocycles. The molecule has 0 saturated carbocycles. The molecule has 0 aliphatic rings. The number of nitrogens with one attached hydrogen (secondary N) is 2. The fourth-order valence-electron chi connectivity index (χ4n) is 2.59. The third-order valence-corrected chi connectivity index (χ3v) is 4.62. The van der Waals surface area contributed by atoms with Crippen LogP contribution in [-0.2, 0) is 4.79 Å². The summed E-state index contributed by atoms with van der Waals surface area (Å²) in [5, 5.41) is 12.7. The molecule has 0 aliphatic carbocycles. The standard InChI is InChI=1S/C17H15N5O2S/c1-10(13-7-4-8-24-13)18-14(23)9-25-17-20-16-15(21-22-17)11-5-2-3-6-12(11)19-16/h2-8,10H,9H2,1H3,(H,18,23)(H,19,20,22)/t10-/m1/s1. The lowest BCUT2D eigenvalue weighted by Crippen LogP contribution is -2.28. The highest BCUT2D eigenvalue weighted by atomic mass is 32.2. The Morgan fingerprint density at radius 3 is 3.00 bits per heavy atom. The number of carbonyl (C=O) groups excluding carboxylic acids is 1. The molecule has 7 nitrogen and oxygen atoms in total. The van der Waals surface area contributed by atoms with E-state index < -0.39 is 0 Å². The number of nitrogens with zero attached hydrogens (tertiary/aromatic N) is 3. The maximum atomic E-state index is 12.1. The molecule has 0 radical (unpaired) electrons. The molecule has 8 heteroatoms. The van der Waals surface area contributed by atoms with Crippen LogP contribution in [0.1, 0.15) is 18.7 Å². The van der Waals surface area contributed by atoms with Crippen LogP contribution in [0.4, 0.5) is 0 Å². The summed E-state index contributed by atoms with van der Waals surface area (Å²) in [4.78, 5) is 19.7. The summed E-state index contributed by atoms with van der Waals surface area (Å²) in [7, 11) is 0. The topological polar surface area (TPSA) is 96.7 Å². The molecule has 126 valence electrons. The average Bonchev–Trinajstić information content (AvgIpc) is 3.27. The molecule has 2 N–H and O–H groups in total. The highest BCUT2D eigenvalue weighted by Gasteiger charge is 2.14. The normalized spacial score (nSPS) is 12.5. The Labute approximate surface area is 147 Å². The monoisotopic (exact) mass is 353 g/mol. The highest BCUT2D eigenvalue weighted by molar-refractivity contribution is 7.99. The number of para-hydroxylation sites is 1. The van der Waals surface area contributed by atoms with Gasteiger partial charge in [0.1, 0.15) is 11.3 Å². The van der Waals surface area contributed by atoms with E-state index in [1.165, 1.54) is 11.8 Å². The van der Waals surface area contributed by atoms with Crippen LogP contribution in [-0.4, -0.2) is 31.8 Å². The van der Waals surface area contributed by atoms with Gasteiger partial charge in [-0.2, -0.15) is 0 Å². The lowest BCUT2D eigenvalue weighted by Gasteiger charge is -2.10. The molecule has 1 aromatic carbocycles. The van der Waals surface area contributed by atoms with Gasteiger partial charge in [0.2, 0.25) is 11.1 Å². The third kappa shape index (κ3) is 3.20. The van der Waals surface area contributed by atoms with Gasteiger partial charge in [0.05, 0.1) is 18.1 Å². The third-order valence-electron chi connectivity index (χ3n) is 3.78. The fourth-order valence-corrected chi connectivity index (χ4v) is 3.19. The van der Waals surface area contributed by atoms with Gasteiger partial charge in [0.15, 0.2) is 5.65 Å². The van der Waals surface area contributed by atoms with E-state index in [0.29, 0.717) is 10.8 Å². The molecule has 1 atom stereocenters. The van der Waals surface area contributed by atoms with Gasteiger partial charge >= 0.3 is 0 Å². The van der Waals surface area contributed by atoms with E-state index in [1.54, 1.807) is 12.3 Å². The summed E-state index contributed by atoms with van der Waals surface area (Å²) in [6.07, 6.45) is 1.59. The molecular formula is C17H15N5O2S. The number of H-pyrrole nitrogens is 1. The first-order valence-corrected chi connectivity index (χ1v) is 8.76. The summed E-state index contributed by atoms with van der Waals surface area (Å²) in [5.41, 5.74) is 2.37. The number of furan rings is 1. The largest absolute Gasteiger partial charge is 0.467 e. The van der Waals surface area contributed by atoms with Crippen molar-refractivity contribution in [1.29, 1.82) is 0 Å². The smallest absolute Gasteiger partial charge is 0.231 e. The van der Waals surface area contributed by atoms with Crippen molar-refractivity contribution >= 4 is 39.7 Å². The van der Waals surface area contributed by atoms with Gasteiger partial charge in [-0.25, -0.2) is 4.98 Å². The fraction of sp³-hybridized carbons (Fsp3) is 0.176. The molecule has 1 amide bonds. The first-order chi connectivity index (χ1) is 12.2. The minimum Gasteiger partial charge on any atom is -0.467 e. The number of benzene rings is 1. The molecule has 4 aromatic rings. The summed E-state index contributed by atoms with van der Waals surface area (Å²) < 4.78 is 5.28. The molecule has 0 saturated heterocycles. The number of aromatic nitrogens is 4. The number of hydrogen-bond acceptors (Lipinski definition) is 6. The molecule has 3 heterocycles. The molecule has 0 bridgehead atoms. The van der Waals surface area contributed by atoms with Crippen LogP contribution in [0.3, 0.4) is 0 Å². The van der Waals surface area contributed by atoms with Gasteiger partial charge in [-0.3, -0.25) is 4.79 Å². The van der Waals surface area contributed by atoms with Crippen molar-refractivity contribution in [3.8, 4) is 0 Å². The van der Waals surface area contributed by atoms with Crippen molar-refractivity contribution in [2.24, 2.45) is 0 Å². The second kappa shape index (κ2) is 6.56. The maximum Gasteiger partial charge on any atom is 0.231 e. The lowest BCUT2D eigenvalue weighted by atomic mass is 10.2. The molecule has 0 fully saturated rings. The number of hydrogen-bond donors (Lipinski definition) is 2. The Morgan fingerprint density at radius 2 is 2.16 bits per heavy atom. The SMILES string of the molecule is C[C@@H](NC(=O)CSc1nnc2c(n1)[nH]c1ccccc12)c1ccco1. The van der Waals surface area contributed by atoms with Gasteiger partial charge in [0.25, 0.3) is 0 Å². The molecule has 3 aromatic heterocycles. The summed E-state index contributed by atoms with van der Waals surface area (Å²) in [6.45, 7) is 1.87. The second-order valence-corrected chi connectivity index (χ2v) is 6.50. The van der Waals surface area contributed by atoms with Crippen LogP contribution in [0.5, 0.6) is 0 Å². The van der Waals surface area contributed by atoms with E-state index in [2.05, 4.69) is 25.5 Å². The van der Waals surface area contributed by atoms with E-state index in [9.17, 15) is 4.79 Å². The maximum absolute atomic E-state index is 12.1. The number of amides is 1. The zero-order valence-electron chi connectivity index (χ0n) is 13.4. The van der Waals surface area contributed by atoms with Crippen LogP contribution in [0.15, 0.2) is 52.2 Å². The van der Waals surface area contributed by atoms with Crippen LogP contribution >= 0.6 is 11.8 Å². The lowest BCUT2D eigenvalue weighted by molar-refractivity contribution is -0.119. The van der Waals surface area contributed by atoms with Crippen LogP contribution in [0, 0.1) is 0 Å². The quantitative estimate of drug-likeness (QED) is 0.535. The number of rotatable bonds is 5. The number of aromatic amines is 1. The molecule has 4 rings (SSSR count). The summed E-state index contributed by atoms with van der Waals surface area (Å²) >= 11 is 1.25. The highest BCUT2D eigenvalue weighted by Crippen LogP contribution is 2.23. The van der Waals surface area contributed by atoms with Gasteiger partial charge in [-0.15, -0.1) is 10.2 Å². The summed E-state index contributed by atoms with van der Waals surface area (Å²) in [6, 6.07) is 11.3. The second-order valence-electron chi connectivity index (χ2n) is 5.56. The van der Waals surface area contributed by atoms with Gasteiger partial charge in [-0.05, 0) is 25.1 Å². The van der Waals surface area contributed by atoms with E-state index >= 15 is 0 Å². The van der Waals surface area contributed by atoms with Gasteiger partial charge < -0.3 is 14.7 Å². The zero-order chi connectivity index (χ0) is 17.2. The molecule has 25 heavy (non-hydrogen) atoms. The Balaban J connectivity index is 1.44. The van der Waals surface area contributed by atoms with Crippen molar-refractivity contribution in [1.82, 2.24) is 25.5 Å². The minimum absolute atomic E-state index is 0.116. The minimum atomic E-state index is -0.182. The predicted molar refractivity (Wildman–Crippen MR) is 95.2 cm³/mol. The summed E-state index contributed by atoms with van der Waals surface area (Å²) in [5.74, 6) is 0.809. The number of fused-ring (bicyclic) bond motifs is 3. The molecule has 0 unspecified atom stereocenters. The van der Waals surface area contributed by atoms with Gasteiger partial charge in [-0.1, -0.05) is 30.0 Å². The first kappa shape index (κ1) is 15.6. The van der Waals surface area contributed by atoms with Crippen molar-refractivity contribution in [3.63, 3.8) is 0 Å².